The van der Waals surface area contributed by atoms with Crippen LogP contribution in [0.15, 0.2) is 24.4 Å². The number of halogens is 3. The van der Waals surface area contributed by atoms with Gasteiger partial charge >= 0.3 is 0 Å². The summed E-state index contributed by atoms with van der Waals surface area (Å²) in [6.07, 6.45) is 5.85. The van der Waals surface area contributed by atoms with Crippen molar-refractivity contribution in [2.24, 2.45) is 0 Å². The molecule has 0 unspecified atom stereocenters. The number of aromatic nitrogens is 3. The molecule has 0 atom stereocenters. The lowest BCUT2D eigenvalue weighted by atomic mass is 10.1. The third-order valence-electron chi connectivity index (χ3n) is 3.84. The van der Waals surface area contributed by atoms with Crippen LogP contribution in [0.4, 0.5) is 5.82 Å². The number of anilines is 1. The van der Waals surface area contributed by atoms with E-state index in [0.29, 0.717) is 10.0 Å². The van der Waals surface area contributed by atoms with E-state index in [1.807, 2.05) is 12.3 Å². The average Bonchev–Trinajstić information content (AvgIpc) is 3.00. The fourth-order valence-corrected chi connectivity index (χ4v) is 2.92. The van der Waals surface area contributed by atoms with E-state index < -0.39 is 0 Å². The molecule has 0 radical (unpaired) electrons. The molecule has 1 saturated heterocycles. The molecule has 0 saturated carbocycles. The normalized spacial score (nSPS) is 15.2. The first kappa shape index (κ1) is 18.3. The van der Waals surface area contributed by atoms with E-state index in [0.717, 1.165) is 24.6 Å². The van der Waals surface area contributed by atoms with Crippen LogP contribution in [0.25, 0.3) is 5.69 Å². The predicted molar refractivity (Wildman–Crippen MR) is 97.4 cm³/mol. The van der Waals surface area contributed by atoms with Crippen LogP contribution in [0, 0.1) is 0 Å². The number of hydrogen-bond acceptors (Lipinski definition) is 4. The Hall–Kier alpha value is -1.01. The molecule has 1 aromatic heterocycles. The highest BCUT2D eigenvalue weighted by molar-refractivity contribution is 6.42. The van der Waals surface area contributed by atoms with E-state index in [4.69, 9.17) is 23.2 Å². The van der Waals surface area contributed by atoms with Gasteiger partial charge in [0.05, 0.1) is 21.9 Å². The molecule has 1 aliphatic rings. The van der Waals surface area contributed by atoms with Crippen molar-refractivity contribution in [3.63, 3.8) is 0 Å². The molecule has 0 spiro atoms. The Bertz CT molecular complexity index is 625. The van der Waals surface area contributed by atoms with Crippen LogP contribution in [0.5, 0.6) is 0 Å². The maximum atomic E-state index is 6.03. The van der Waals surface area contributed by atoms with Crippen molar-refractivity contribution in [1.82, 2.24) is 19.9 Å². The molecule has 1 fully saturated rings. The maximum absolute atomic E-state index is 6.03. The molecule has 23 heavy (non-hydrogen) atoms. The Morgan fingerprint density at radius 1 is 1.09 bits per heavy atom. The summed E-state index contributed by atoms with van der Waals surface area (Å²) >= 11 is 11.9. The largest absolute Gasteiger partial charge is 0.366 e. The van der Waals surface area contributed by atoms with Crippen molar-refractivity contribution in [3.8, 4) is 5.69 Å². The van der Waals surface area contributed by atoms with Crippen LogP contribution in [0.1, 0.15) is 19.3 Å². The van der Waals surface area contributed by atoms with Crippen molar-refractivity contribution < 1.29 is 0 Å². The minimum absolute atomic E-state index is 0. The van der Waals surface area contributed by atoms with Crippen LogP contribution in [0.3, 0.4) is 0 Å². The second kappa shape index (κ2) is 8.73. The zero-order chi connectivity index (χ0) is 15.4. The van der Waals surface area contributed by atoms with Gasteiger partial charge in [0, 0.05) is 13.1 Å². The summed E-state index contributed by atoms with van der Waals surface area (Å²) in [5.41, 5.74) is 0.839. The van der Waals surface area contributed by atoms with Gasteiger partial charge in [0.1, 0.15) is 0 Å². The summed E-state index contributed by atoms with van der Waals surface area (Å²) in [6.45, 7) is 4.33. The highest BCUT2D eigenvalue weighted by Gasteiger charge is 2.10. The van der Waals surface area contributed by atoms with Crippen LogP contribution < -0.4 is 5.32 Å². The molecule has 0 amide bonds. The molecular formula is C15H20Cl3N5. The van der Waals surface area contributed by atoms with Gasteiger partial charge in [0.15, 0.2) is 5.82 Å². The molecule has 2 heterocycles. The van der Waals surface area contributed by atoms with E-state index >= 15 is 0 Å². The van der Waals surface area contributed by atoms with Gasteiger partial charge in [-0.1, -0.05) is 34.8 Å². The Morgan fingerprint density at radius 2 is 1.87 bits per heavy atom. The summed E-state index contributed by atoms with van der Waals surface area (Å²) in [6, 6.07) is 5.39. The van der Waals surface area contributed by atoms with Crippen molar-refractivity contribution in [2.45, 2.75) is 19.3 Å². The molecule has 2 aromatic rings. The lowest BCUT2D eigenvalue weighted by Gasteiger charge is -2.26. The number of likely N-dealkylation sites (tertiary alicyclic amines) is 1. The van der Waals surface area contributed by atoms with Gasteiger partial charge in [0.2, 0.25) is 0 Å². The predicted octanol–water partition coefficient (Wildman–Crippen LogP) is 3.89. The quantitative estimate of drug-likeness (QED) is 0.860. The van der Waals surface area contributed by atoms with Crippen molar-refractivity contribution in [1.29, 1.82) is 0 Å². The second-order valence-corrected chi connectivity index (χ2v) is 6.29. The van der Waals surface area contributed by atoms with Gasteiger partial charge in [-0.3, -0.25) is 0 Å². The first-order valence-electron chi connectivity index (χ1n) is 7.56. The van der Waals surface area contributed by atoms with Crippen molar-refractivity contribution >= 4 is 41.4 Å². The summed E-state index contributed by atoms with van der Waals surface area (Å²) < 4.78 is 1.69. The lowest BCUT2D eigenvalue weighted by Crippen LogP contribution is -2.33. The molecular weight excluding hydrogens is 357 g/mol. The van der Waals surface area contributed by atoms with E-state index in [2.05, 4.69) is 20.5 Å². The Morgan fingerprint density at radius 3 is 2.61 bits per heavy atom. The molecule has 8 heteroatoms. The minimum Gasteiger partial charge on any atom is -0.366 e. The van der Waals surface area contributed by atoms with E-state index in [1.54, 1.807) is 16.8 Å². The van der Waals surface area contributed by atoms with Gasteiger partial charge in [-0.25, -0.2) is 4.68 Å². The zero-order valence-electron chi connectivity index (χ0n) is 12.7. The molecule has 1 aliphatic heterocycles. The standard InChI is InChI=1S/C15H19Cl2N5.ClH/c16-13-5-4-12(10-14(13)17)22-11-15(19-20-22)18-6-9-21-7-2-1-3-8-21;/h4-5,10-11,18H,1-3,6-9H2;1H. The van der Waals surface area contributed by atoms with E-state index in [1.165, 1.54) is 32.4 Å². The Balaban J connectivity index is 0.00000192. The third-order valence-corrected chi connectivity index (χ3v) is 4.58. The first-order chi connectivity index (χ1) is 10.7. The van der Waals surface area contributed by atoms with E-state index in [-0.39, 0.29) is 12.4 Å². The summed E-state index contributed by atoms with van der Waals surface area (Å²) in [7, 11) is 0. The average molecular weight is 377 g/mol. The highest BCUT2D eigenvalue weighted by Crippen LogP contribution is 2.24. The van der Waals surface area contributed by atoms with Crippen LogP contribution in [0.2, 0.25) is 10.0 Å². The summed E-state index contributed by atoms with van der Waals surface area (Å²) in [5.74, 6) is 0.767. The third kappa shape index (κ3) is 4.98. The number of nitrogens with one attached hydrogen (secondary N) is 1. The molecule has 126 valence electrons. The number of nitrogens with zero attached hydrogens (tertiary/aromatic N) is 4. The molecule has 3 rings (SSSR count). The highest BCUT2D eigenvalue weighted by atomic mass is 35.5. The number of piperidine rings is 1. The number of rotatable bonds is 5. The Labute approximate surface area is 152 Å². The van der Waals surface area contributed by atoms with Crippen LogP contribution in [-0.2, 0) is 0 Å². The second-order valence-electron chi connectivity index (χ2n) is 5.48. The monoisotopic (exact) mass is 375 g/mol. The van der Waals surface area contributed by atoms with Crippen molar-refractivity contribution in [3.05, 3.63) is 34.4 Å². The number of benzene rings is 1. The molecule has 1 aromatic carbocycles. The smallest absolute Gasteiger partial charge is 0.169 e. The molecule has 0 aliphatic carbocycles. The van der Waals surface area contributed by atoms with Gasteiger partial charge < -0.3 is 10.2 Å². The SMILES string of the molecule is Cl.Clc1ccc(-n2cc(NCCN3CCCCC3)nn2)cc1Cl. The fraction of sp³-hybridized carbons (Fsp3) is 0.467. The van der Waals surface area contributed by atoms with Crippen LogP contribution >= 0.6 is 35.6 Å². The summed E-state index contributed by atoms with van der Waals surface area (Å²) in [5, 5.41) is 12.6. The topological polar surface area (TPSA) is 46.0 Å². The van der Waals surface area contributed by atoms with Gasteiger partial charge in [-0.05, 0) is 44.1 Å². The zero-order valence-corrected chi connectivity index (χ0v) is 15.0. The number of hydrogen-bond donors (Lipinski definition) is 1. The van der Waals surface area contributed by atoms with Crippen LogP contribution in [-0.4, -0.2) is 46.1 Å². The van der Waals surface area contributed by atoms with Crippen molar-refractivity contribution in [2.75, 3.05) is 31.5 Å². The first-order valence-corrected chi connectivity index (χ1v) is 8.32. The Kier molecular flexibility index (Phi) is 6.96. The summed E-state index contributed by atoms with van der Waals surface area (Å²) in [4.78, 5) is 2.49. The van der Waals surface area contributed by atoms with Gasteiger partial charge in [0.25, 0.3) is 0 Å². The fourth-order valence-electron chi connectivity index (χ4n) is 2.62. The lowest BCUT2D eigenvalue weighted by molar-refractivity contribution is 0.237. The molecule has 1 N–H and O–H groups in total. The van der Waals surface area contributed by atoms with Gasteiger partial charge in [-0.2, -0.15) is 0 Å². The molecule has 5 nitrogen and oxygen atoms in total. The minimum atomic E-state index is 0. The van der Waals surface area contributed by atoms with E-state index in [9.17, 15) is 0 Å². The molecule has 0 bridgehead atoms. The maximum Gasteiger partial charge on any atom is 0.169 e. The van der Waals surface area contributed by atoms with Gasteiger partial charge in [-0.15, -0.1) is 17.5 Å².